The number of likely N-dealkylation sites (tertiary alicyclic amines) is 1. The summed E-state index contributed by atoms with van der Waals surface area (Å²) in [4.78, 5) is 13.6. The highest BCUT2D eigenvalue weighted by molar-refractivity contribution is 5.78. The van der Waals surface area contributed by atoms with Crippen molar-refractivity contribution in [3.8, 4) is 0 Å². The molecule has 0 aromatic heterocycles. The maximum atomic E-state index is 11.9. The van der Waals surface area contributed by atoms with Crippen LogP contribution in [0.25, 0.3) is 0 Å². The fourth-order valence-electron chi connectivity index (χ4n) is 2.52. The summed E-state index contributed by atoms with van der Waals surface area (Å²) in [6.45, 7) is 13.2. The van der Waals surface area contributed by atoms with Crippen LogP contribution in [0.4, 0.5) is 0 Å². The Balaban J connectivity index is 2.24. The molecule has 3 heteroatoms. The molecule has 0 radical (unpaired) electrons. The topological polar surface area (TPSA) is 33.5 Å². The minimum atomic E-state index is 0.268. The summed E-state index contributed by atoms with van der Waals surface area (Å²) >= 11 is 0. The second-order valence-corrected chi connectivity index (χ2v) is 6.26. The van der Waals surface area contributed by atoms with Gasteiger partial charge in [0.2, 0.25) is 5.91 Å². The van der Waals surface area contributed by atoms with Crippen LogP contribution in [-0.2, 0) is 4.79 Å². The van der Waals surface area contributed by atoms with Gasteiger partial charge in [0, 0.05) is 31.2 Å². The van der Waals surface area contributed by atoms with Crippen LogP contribution in [0.1, 0.15) is 40.5 Å². The minimum absolute atomic E-state index is 0.268. The summed E-state index contributed by atoms with van der Waals surface area (Å²) in [5, 5.41) is 3.06. The Morgan fingerprint density at radius 3 is 2.24 bits per heavy atom. The van der Waals surface area contributed by atoms with E-state index >= 15 is 0 Å². The fraction of sp³-hybridized carbons (Fsp3) is 0.929. The summed E-state index contributed by atoms with van der Waals surface area (Å²) in [5.41, 5.74) is 0. The third-order valence-electron chi connectivity index (χ3n) is 3.44. The number of carbonyl (C=O) groups excluding carboxylic acids is 1. The molecule has 1 saturated heterocycles. The van der Waals surface area contributed by atoms with Gasteiger partial charge in [-0.2, -0.15) is 0 Å². The quantitative estimate of drug-likeness (QED) is 0.730. The number of piperidine rings is 1. The van der Waals surface area contributed by atoms with Crippen molar-refractivity contribution in [1.82, 2.24) is 5.32 Å². The molecule has 0 aliphatic carbocycles. The van der Waals surface area contributed by atoms with Gasteiger partial charge in [-0.05, 0) is 5.92 Å². The predicted octanol–water partition coefficient (Wildman–Crippen LogP) is 0.710. The number of hydrogen-bond donors (Lipinski definition) is 2. The van der Waals surface area contributed by atoms with Crippen LogP contribution in [0.2, 0.25) is 0 Å². The molecule has 2 N–H and O–H groups in total. The number of nitrogens with one attached hydrogen (secondary N) is 2. The Morgan fingerprint density at radius 1 is 1.18 bits per heavy atom. The first kappa shape index (κ1) is 14.5. The van der Waals surface area contributed by atoms with Crippen molar-refractivity contribution in [1.29, 1.82) is 0 Å². The Hall–Kier alpha value is -0.570. The lowest BCUT2D eigenvalue weighted by molar-refractivity contribution is -0.908. The van der Waals surface area contributed by atoms with E-state index in [1.54, 1.807) is 4.90 Å². The van der Waals surface area contributed by atoms with Gasteiger partial charge in [0.1, 0.15) is 0 Å². The smallest absolute Gasteiger partial charge is 0.223 e. The van der Waals surface area contributed by atoms with Crippen LogP contribution < -0.4 is 10.2 Å². The van der Waals surface area contributed by atoms with E-state index in [0.29, 0.717) is 5.92 Å². The molecule has 3 nitrogen and oxygen atoms in total. The summed E-state index contributed by atoms with van der Waals surface area (Å²) in [5.74, 6) is 1.86. The van der Waals surface area contributed by atoms with E-state index in [-0.39, 0.29) is 11.8 Å². The second kappa shape index (κ2) is 7.00. The van der Waals surface area contributed by atoms with Crippen molar-refractivity contribution in [3.63, 3.8) is 0 Å². The standard InChI is InChI=1S/C14H28N2O/c1-11(2)9-15-14(17)13-5-7-16(8-6-13)10-12(3)4/h11-13H,5-10H2,1-4H3,(H,15,17)/p+1. The molecule has 0 saturated carbocycles. The summed E-state index contributed by atoms with van der Waals surface area (Å²) in [7, 11) is 0. The monoisotopic (exact) mass is 241 g/mol. The lowest BCUT2D eigenvalue weighted by Crippen LogP contribution is -3.13. The molecule has 1 aliphatic heterocycles. The minimum Gasteiger partial charge on any atom is -0.356 e. The first-order chi connectivity index (χ1) is 7.99. The Bertz CT molecular complexity index is 230. The van der Waals surface area contributed by atoms with E-state index in [1.807, 2.05) is 0 Å². The average molecular weight is 241 g/mol. The van der Waals surface area contributed by atoms with Crippen LogP contribution >= 0.6 is 0 Å². The third-order valence-corrected chi connectivity index (χ3v) is 3.44. The zero-order valence-electron chi connectivity index (χ0n) is 11.9. The van der Waals surface area contributed by atoms with Crippen molar-refractivity contribution < 1.29 is 9.69 Å². The Morgan fingerprint density at radius 2 is 1.76 bits per heavy atom. The molecule has 1 fully saturated rings. The predicted molar refractivity (Wildman–Crippen MR) is 71.0 cm³/mol. The van der Waals surface area contributed by atoms with Gasteiger partial charge < -0.3 is 10.2 Å². The first-order valence-electron chi connectivity index (χ1n) is 7.10. The van der Waals surface area contributed by atoms with Gasteiger partial charge in [-0.3, -0.25) is 4.79 Å². The lowest BCUT2D eigenvalue weighted by atomic mass is 9.95. The number of carbonyl (C=O) groups is 1. The normalized spacial score (nSPS) is 25.3. The maximum absolute atomic E-state index is 11.9. The van der Waals surface area contributed by atoms with E-state index in [9.17, 15) is 4.79 Å². The van der Waals surface area contributed by atoms with Gasteiger partial charge in [-0.15, -0.1) is 0 Å². The van der Waals surface area contributed by atoms with E-state index in [0.717, 1.165) is 38.4 Å². The number of hydrogen-bond acceptors (Lipinski definition) is 1. The highest BCUT2D eigenvalue weighted by Gasteiger charge is 2.27. The molecule has 0 unspecified atom stereocenters. The van der Waals surface area contributed by atoms with Crippen molar-refractivity contribution in [3.05, 3.63) is 0 Å². The highest BCUT2D eigenvalue weighted by Crippen LogP contribution is 2.09. The molecule has 100 valence electrons. The largest absolute Gasteiger partial charge is 0.356 e. The van der Waals surface area contributed by atoms with Gasteiger partial charge in [0.25, 0.3) is 0 Å². The van der Waals surface area contributed by atoms with Crippen LogP contribution in [-0.4, -0.2) is 32.1 Å². The number of quaternary nitrogens is 1. The van der Waals surface area contributed by atoms with Gasteiger partial charge in [0.05, 0.1) is 19.6 Å². The average Bonchev–Trinajstić information content (AvgIpc) is 2.26. The third kappa shape index (κ3) is 5.53. The second-order valence-electron chi connectivity index (χ2n) is 6.26. The molecule has 17 heavy (non-hydrogen) atoms. The molecule has 1 aliphatic rings. The molecular formula is C14H29N2O+. The Kier molecular flexibility index (Phi) is 5.96. The molecule has 0 atom stereocenters. The van der Waals surface area contributed by atoms with Crippen LogP contribution in [0.5, 0.6) is 0 Å². The van der Waals surface area contributed by atoms with E-state index < -0.39 is 0 Å². The van der Waals surface area contributed by atoms with E-state index in [2.05, 4.69) is 33.0 Å². The molecule has 0 spiro atoms. The van der Waals surface area contributed by atoms with Gasteiger partial charge in [0.15, 0.2) is 0 Å². The summed E-state index contributed by atoms with van der Waals surface area (Å²) < 4.78 is 0. The van der Waals surface area contributed by atoms with Crippen molar-refractivity contribution in [2.24, 2.45) is 17.8 Å². The molecule has 0 aromatic rings. The molecule has 1 amide bonds. The summed E-state index contributed by atoms with van der Waals surface area (Å²) in [6.07, 6.45) is 2.12. The SMILES string of the molecule is CC(C)CNC(=O)C1CC[NH+](CC(C)C)CC1. The van der Waals surface area contributed by atoms with Crippen LogP contribution in [0.15, 0.2) is 0 Å². The van der Waals surface area contributed by atoms with E-state index in [4.69, 9.17) is 0 Å². The van der Waals surface area contributed by atoms with Crippen molar-refractivity contribution >= 4 is 5.91 Å². The molecule has 0 aromatic carbocycles. The zero-order valence-corrected chi connectivity index (χ0v) is 11.9. The first-order valence-corrected chi connectivity index (χ1v) is 7.10. The molecule has 1 rings (SSSR count). The van der Waals surface area contributed by atoms with Crippen molar-refractivity contribution in [2.75, 3.05) is 26.2 Å². The highest BCUT2D eigenvalue weighted by atomic mass is 16.1. The molecule has 1 heterocycles. The maximum Gasteiger partial charge on any atom is 0.223 e. The van der Waals surface area contributed by atoms with E-state index in [1.165, 1.54) is 6.54 Å². The zero-order chi connectivity index (χ0) is 12.8. The fourth-order valence-corrected chi connectivity index (χ4v) is 2.52. The Labute approximate surface area is 106 Å². The van der Waals surface area contributed by atoms with Gasteiger partial charge in [-0.25, -0.2) is 0 Å². The van der Waals surface area contributed by atoms with Gasteiger partial charge >= 0.3 is 0 Å². The summed E-state index contributed by atoms with van der Waals surface area (Å²) in [6, 6.07) is 0. The number of rotatable bonds is 5. The van der Waals surface area contributed by atoms with Crippen LogP contribution in [0, 0.1) is 17.8 Å². The van der Waals surface area contributed by atoms with Crippen LogP contribution in [0.3, 0.4) is 0 Å². The van der Waals surface area contributed by atoms with Crippen molar-refractivity contribution in [2.45, 2.75) is 40.5 Å². The van der Waals surface area contributed by atoms with Gasteiger partial charge in [-0.1, -0.05) is 27.7 Å². The molecular weight excluding hydrogens is 212 g/mol. The number of amides is 1. The molecule has 0 bridgehead atoms. The lowest BCUT2D eigenvalue weighted by Gasteiger charge is -2.29.